The van der Waals surface area contributed by atoms with E-state index < -0.39 is 0 Å². The normalized spacial score (nSPS) is 13.8. The van der Waals surface area contributed by atoms with Gasteiger partial charge in [0.25, 0.3) is 0 Å². The minimum Gasteiger partial charge on any atom is -0.486 e. The van der Waals surface area contributed by atoms with Crippen molar-refractivity contribution in [2.45, 2.75) is 12.5 Å². The summed E-state index contributed by atoms with van der Waals surface area (Å²) in [7, 11) is 0. The molecular weight excluding hydrogens is 328 g/mol. The third-order valence-corrected chi connectivity index (χ3v) is 4.38. The van der Waals surface area contributed by atoms with Gasteiger partial charge in [0.2, 0.25) is 5.91 Å². The monoisotopic (exact) mass is 348 g/mol. The van der Waals surface area contributed by atoms with Gasteiger partial charge in [-0.1, -0.05) is 30.3 Å². The van der Waals surface area contributed by atoms with E-state index in [2.05, 4.69) is 9.88 Å². The molecule has 0 radical (unpaired) electrons. The van der Waals surface area contributed by atoms with Gasteiger partial charge in [-0.2, -0.15) is 0 Å². The van der Waals surface area contributed by atoms with Gasteiger partial charge in [0, 0.05) is 24.1 Å². The third-order valence-electron chi connectivity index (χ3n) is 4.38. The number of amides is 1. The summed E-state index contributed by atoms with van der Waals surface area (Å²) in [5, 5.41) is 2.97. The molecule has 1 amide bonds. The van der Waals surface area contributed by atoms with Crippen molar-refractivity contribution in [2.24, 2.45) is 0 Å². The Kier molecular flexibility index (Phi) is 4.60. The highest BCUT2D eigenvalue weighted by Gasteiger charge is 2.18. The maximum absolute atomic E-state index is 12.7. The molecule has 0 aliphatic carbocycles. The highest BCUT2D eigenvalue weighted by Crippen LogP contribution is 2.33. The van der Waals surface area contributed by atoms with Crippen LogP contribution < -0.4 is 14.8 Å². The second kappa shape index (κ2) is 7.35. The Morgan fingerprint density at radius 1 is 0.962 bits per heavy atom. The van der Waals surface area contributed by atoms with Crippen LogP contribution in [0.1, 0.15) is 18.0 Å². The molecule has 1 N–H and O–H groups in total. The molecule has 0 saturated heterocycles. The highest BCUT2D eigenvalue weighted by atomic mass is 16.6. The van der Waals surface area contributed by atoms with E-state index in [9.17, 15) is 4.79 Å². The molecule has 2 heterocycles. The Labute approximate surface area is 152 Å². The number of aromatic nitrogens is 1. The van der Waals surface area contributed by atoms with E-state index in [1.54, 1.807) is 6.07 Å². The van der Waals surface area contributed by atoms with Crippen molar-refractivity contribution in [3.8, 4) is 11.5 Å². The zero-order valence-electron chi connectivity index (χ0n) is 14.3. The second-order valence-corrected chi connectivity index (χ2v) is 6.17. The first-order valence-corrected chi connectivity index (χ1v) is 8.66. The van der Waals surface area contributed by atoms with Crippen molar-refractivity contribution in [3.05, 3.63) is 78.6 Å². The van der Waals surface area contributed by atoms with Crippen molar-refractivity contribution in [2.75, 3.05) is 18.5 Å². The van der Waals surface area contributed by atoms with Crippen LogP contribution in [0.5, 0.6) is 11.5 Å². The number of carbonyl (C=O) groups excluding carboxylic acids is 1. The Morgan fingerprint density at radius 3 is 2.46 bits per heavy atom. The molecule has 0 bridgehead atoms. The number of hydrogen-bond donors (Lipinski definition) is 1. The number of fused-ring (bicyclic) bond motifs is 1. The van der Waals surface area contributed by atoms with Crippen LogP contribution in [0.4, 0.5) is 5.69 Å². The van der Waals surface area contributed by atoms with Crippen molar-refractivity contribution < 1.29 is 14.3 Å². The van der Waals surface area contributed by atoms with E-state index >= 15 is 0 Å². The van der Waals surface area contributed by atoms with Crippen molar-refractivity contribution in [1.82, 2.24) is 4.57 Å². The number of benzene rings is 2. The van der Waals surface area contributed by atoms with Crippen LogP contribution in [-0.4, -0.2) is 23.7 Å². The maximum Gasteiger partial charge on any atom is 0.226 e. The zero-order valence-corrected chi connectivity index (χ0v) is 14.3. The lowest BCUT2D eigenvalue weighted by Gasteiger charge is -2.21. The molecule has 132 valence electrons. The summed E-state index contributed by atoms with van der Waals surface area (Å²) in [6.45, 7) is 1.07. The van der Waals surface area contributed by atoms with E-state index in [1.807, 2.05) is 67.0 Å². The summed E-state index contributed by atoms with van der Waals surface area (Å²) in [5.74, 6) is 1.33. The Balaban J connectivity index is 1.50. The van der Waals surface area contributed by atoms with Crippen LogP contribution in [0.2, 0.25) is 0 Å². The van der Waals surface area contributed by atoms with Crippen LogP contribution in [0.3, 0.4) is 0 Å². The standard InChI is InChI=1S/C21H20N2O3/c24-21(22-17-8-9-19-20(14-17)26-13-12-25-19)15-18(23-10-4-5-11-23)16-6-2-1-3-7-16/h1-11,14,18H,12-13,15H2,(H,22,24)/t18-/m0/s1. The molecule has 2 aromatic carbocycles. The summed E-state index contributed by atoms with van der Waals surface area (Å²) >= 11 is 0. The number of nitrogens with one attached hydrogen (secondary N) is 1. The van der Waals surface area contributed by atoms with Crippen LogP contribution in [0, 0.1) is 0 Å². The van der Waals surface area contributed by atoms with Crippen molar-refractivity contribution in [3.63, 3.8) is 0 Å². The number of hydrogen-bond acceptors (Lipinski definition) is 3. The van der Waals surface area contributed by atoms with Gasteiger partial charge in [-0.25, -0.2) is 0 Å². The van der Waals surface area contributed by atoms with E-state index in [4.69, 9.17) is 9.47 Å². The summed E-state index contributed by atoms with van der Waals surface area (Å²) in [4.78, 5) is 12.7. The lowest BCUT2D eigenvalue weighted by Crippen LogP contribution is -2.20. The molecule has 0 fully saturated rings. The van der Waals surface area contributed by atoms with Gasteiger partial charge in [0.1, 0.15) is 13.2 Å². The van der Waals surface area contributed by atoms with Crippen LogP contribution >= 0.6 is 0 Å². The van der Waals surface area contributed by atoms with E-state index in [0.29, 0.717) is 36.8 Å². The molecular formula is C21H20N2O3. The third kappa shape index (κ3) is 3.57. The predicted octanol–water partition coefficient (Wildman–Crippen LogP) is 3.88. The SMILES string of the molecule is O=C(C[C@@H](c1ccccc1)n1cccc1)Nc1ccc2c(c1)OCCO2. The van der Waals surface area contributed by atoms with Gasteiger partial charge < -0.3 is 19.4 Å². The Bertz CT molecular complexity index is 876. The molecule has 5 heteroatoms. The molecule has 26 heavy (non-hydrogen) atoms. The predicted molar refractivity (Wildman–Crippen MR) is 99.7 cm³/mol. The molecule has 1 aliphatic heterocycles. The highest BCUT2D eigenvalue weighted by molar-refractivity contribution is 5.91. The fraction of sp³-hybridized carbons (Fsp3) is 0.190. The molecule has 0 spiro atoms. The molecule has 5 nitrogen and oxygen atoms in total. The summed E-state index contributed by atoms with van der Waals surface area (Å²) < 4.78 is 13.1. The molecule has 0 saturated carbocycles. The molecule has 1 aliphatic rings. The number of anilines is 1. The first kappa shape index (κ1) is 16.3. The van der Waals surface area contributed by atoms with E-state index in [0.717, 1.165) is 5.56 Å². The summed E-state index contributed by atoms with van der Waals surface area (Å²) in [5.41, 5.74) is 1.81. The first-order chi connectivity index (χ1) is 12.8. The Morgan fingerprint density at radius 2 is 1.69 bits per heavy atom. The average molecular weight is 348 g/mol. The second-order valence-electron chi connectivity index (χ2n) is 6.17. The summed E-state index contributed by atoms with van der Waals surface area (Å²) in [6.07, 6.45) is 4.30. The zero-order chi connectivity index (χ0) is 17.8. The fourth-order valence-corrected chi connectivity index (χ4v) is 3.13. The van der Waals surface area contributed by atoms with Crippen LogP contribution in [0.15, 0.2) is 73.1 Å². The molecule has 0 unspecified atom stereocenters. The maximum atomic E-state index is 12.7. The Hall–Kier alpha value is -3.21. The van der Waals surface area contributed by atoms with Crippen LogP contribution in [0.25, 0.3) is 0 Å². The number of carbonyl (C=O) groups is 1. The van der Waals surface area contributed by atoms with Gasteiger partial charge in [-0.05, 0) is 29.8 Å². The summed E-state index contributed by atoms with van der Waals surface area (Å²) in [6, 6.07) is 19.4. The lowest BCUT2D eigenvalue weighted by atomic mass is 10.0. The van der Waals surface area contributed by atoms with Gasteiger partial charge in [-0.15, -0.1) is 0 Å². The first-order valence-electron chi connectivity index (χ1n) is 8.66. The van der Waals surface area contributed by atoms with E-state index in [-0.39, 0.29) is 11.9 Å². The van der Waals surface area contributed by atoms with Gasteiger partial charge in [0.05, 0.1) is 12.5 Å². The van der Waals surface area contributed by atoms with Crippen molar-refractivity contribution in [1.29, 1.82) is 0 Å². The molecule has 4 rings (SSSR count). The fourth-order valence-electron chi connectivity index (χ4n) is 3.13. The van der Waals surface area contributed by atoms with Gasteiger partial charge >= 0.3 is 0 Å². The molecule has 1 aromatic heterocycles. The minimum absolute atomic E-state index is 0.0516. The van der Waals surface area contributed by atoms with Gasteiger partial charge in [-0.3, -0.25) is 4.79 Å². The largest absolute Gasteiger partial charge is 0.486 e. The molecule has 3 aromatic rings. The number of nitrogens with zero attached hydrogens (tertiary/aromatic N) is 1. The van der Waals surface area contributed by atoms with Gasteiger partial charge in [0.15, 0.2) is 11.5 Å². The number of ether oxygens (including phenoxy) is 2. The van der Waals surface area contributed by atoms with Crippen molar-refractivity contribution >= 4 is 11.6 Å². The lowest BCUT2D eigenvalue weighted by molar-refractivity contribution is -0.116. The molecule has 1 atom stereocenters. The number of rotatable bonds is 5. The topological polar surface area (TPSA) is 52.5 Å². The minimum atomic E-state index is -0.0524. The quantitative estimate of drug-likeness (QED) is 0.761. The smallest absolute Gasteiger partial charge is 0.226 e. The van der Waals surface area contributed by atoms with E-state index in [1.165, 1.54) is 0 Å². The van der Waals surface area contributed by atoms with Crippen LogP contribution in [-0.2, 0) is 4.79 Å². The average Bonchev–Trinajstić information content (AvgIpc) is 3.21.